The van der Waals surface area contributed by atoms with Gasteiger partial charge in [0.1, 0.15) is 5.75 Å². The summed E-state index contributed by atoms with van der Waals surface area (Å²) < 4.78 is 5.38. The number of nitrogens with zero attached hydrogens (tertiary/aromatic N) is 1. The smallest absolute Gasteiger partial charge is 0.123 e. The molecule has 2 rings (SSSR count). The maximum atomic E-state index is 6.07. The van der Waals surface area contributed by atoms with Crippen molar-refractivity contribution in [2.45, 2.75) is 13.5 Å². The fourth-order valence-corrected chi connectivity index (χ4v) is 2.37. The number of methoxy groups -OCH3 is 1. The van der Waals surface area contributed by atoms with Crippen LogP contribution in [0.4, 0.5) is 11.4 Å². The minimum absolute atomic E-state index is 0.763. The van der Waals surface area contributed by atoms with Gasteiger partial charge in [0.05, 0.1) is 18.5 Å². The molecule has 3 nitrogen and oxygen atoms in total. The number of hydrogen-bond acceptors (Lipinski definition) is 3. The molecule has 2 aromatic rings. The van der Waals surface area contributed by atoms with Crippen molar-refractivity contribution in [1.82, 2.24) is 0 Å². The number of benzene rings is 2. The lowest BCUT2D eigenvalue weighted by Gasteiger charge is -2.24. The van der Waals surface area contributed by atoms with Crippen LogP contribution in [-0.2, 0) is 6.54 Å². The van der Waals surface area contributed by atoms with Crippen LogP contribution in [0.15, 0.2) is 42.5 Å². The number of hydrogen-bond donors (Lipinski definition) is 1. The first-order valence-electron chi connectivity index (χ1n) is 6.31. The molecule has 0 aliphatic heterocycles. The Morgan fingerprint density at radius 2 is 1.84 bits per heavy atom. The highest BCUT2D eigenvalue weighted by atomic mass is 16.5. The van der Waals surface area contributed by atoms with Crippen molar-refractivity contribution in [1.29, 1.82) is 0 Å². The van der Waals surface area contributed by atoms with Crippen molar-refractivity contribution in [2.24, 2.45) is 0 Å². The molecule has 0 heterocycles. The average molecular weight is 256 g/mol. The Bertz CT molecular complexity index is 546. The van der Waals surface area contributed by atoms with E-state index in [0.717, 1.165) is 29.2 Å². The van der Waals surface area contributed by atoms with Crippen molar-refractivity contribution < 1.29 is 4.74 Å². The molecule has 0 unspecified atom stereocenters. The third-order valence-electron chi connectivity index (χ3n) is 3.25. The molecule has 0 atom stereocenters. The van der Waals surface area contributed by atoms with Gasteiger partial charge < -0.3 is 15.4 Å². The van der Waals surface area contributed by atoms with Gasteiger partial charge in [0.25, 0.3) is 0 Å². The van der Waals surface area contributed by atoms with E-state index >= 15 is 0 Å². The van der Waals surface area contributed by atoms with E-state index in [-0.39, 0.29) is 0 Å². The molecule has 0 spiro atoms. The minimum atomic E-state index is 0.763. The number of nitrogens with two attached hydrogens (primary N) is 1. The molecule has 0 radical (unpaired) electrons. The van der Waals surface area contributed by atoms with Gasteiger partial charge in [0.2, 0.25) is 0 Å². The third kappa shape index (κ3) is 2.81. The maximum Gasteiger partial charge on any atom is 0.123 e. The standard InChI is InChI=1S/C16H20N2O/c1-12-7-6-9-14(17)16(12)18(2)11-13-8-4-5-10-15(13)19-3/h4-10H,11,17H2,1-3H3. The largest absolute Gasteiger partial charge is 0.496 e. The highest BCUT2D eigenvalue weighted by Gasteiger charge is 2.11. The molecule has 0 saturated heterocycles. The number of ether oxygens (including phenoxy) is 1. The Kier molecular flexibility index (Phi) is 3.95. The van der Waals surface area contributed by atoms with Crippen LogP contribution in [0.2, 0.25) is 0 Å². The maximum absolute atomic E-state index is 6.07. The van der Waals surface area contributed by atoms with Crippen molar-refractivity contribution >= 4 is 11.4 Å². The molecule has 0 fully saturated rings. The molecule has 2 N–H and O–H groups in total. The molecular weight excluding hydrogens is 236 g/mol. The topological polar surface area (TPSA) is 38.5 Å². The summed E-state index contributed by atoms with van der Waals surface area (Å²) in [6.07, 6.45) is 0. The van der Waals surface area contributed by atoms with Crippen LogP contribution in [-0.4, -0.2) is 14.2 Å². The molecule has 0 aliphatic carbocycles. The Hall–Kier alpha value is -2.16. The zero-order valence-electron chi connectivity index (χ0n) is 11.7. The first-order chi connectivity index (χ1) is 9.13. The third-order valence-corrected chi connectivity index (χ3v) is 3.25. The first-order valence-corrected chi connectivity index (χ1v) is 6.31. The molecule has 2 aromatic carbocycles. The Balaban J connectivity index is 2.28. The van der Waals surface area contributed by atoms with Crippen LogP contribution >= 0.6 is 0 Å². The van der Waals surface area contributed by atoms with Gasteiger partial charge in [-0.2, -0.15) is 0 Å². The number of nitrogen functional groups attached to an aromatic ring is 1. The zero-order chi connectivity index (χ0) is 13.8. The van der Waals surface area contributed by atoms with E-state index in [0.29, 0.717) is 0 Å². The Labute approximate surface area is 114 Å². The molecule has 19 heavy (non-hydrogen) atoms. The van der Waals surface area contributed by atoms with Gasteiger partial charge in [-0.25, -0.2) is 0 Å². The fraction of sp³-hybridized carbons (Fsp3) is 0.250. The normalized spacial score (nSPS) is 10.3. The molecule has 0 saturated carbocycles. The van der Waals surface area contributed by atoms with E-state index in [4.69, 9.17) is 10.5 Å². The summed E-state index contributed by atoms with van der Waals surface area (Å²) in [7, 11) is 3.74. The van der Waals surface area contributed by atoms with Gasteiger partial charge >= 0.3 is 0 Å². The molecule has 100 valence electrons. The molecule has 3 heteroatoms. The van der Waals surface area contributed by atoms with Crippen LogP contribution in [0, 0.1) is 6.92 Å². The molecule has 0 amide bonds. The SMILES string of the molecule is COc1ccccc1CN(C)c1c(C)cccc1N. The number of para-hydroxylation sites is 2. The van der Waals surface area contributed by atoms with Crippen molar-refractivity contribution in [3.8, 4) is 5.75 Å². The first kappa shape index (κ1) is 13.3. The second kappa shape index (κ2) is 5.65. The number of anilines is 2. The van der Waals surface area contributed by atoms with E-state index < -0.39 is 0 Å². The molecule has 0 aliphatic rings. The molecule has 0 aromatic heterocycles. The summed E-state index contributed by atoms with van der Waals surface area (Å²) in [5.74, 6) is 0.904. The molecule has 0 bridgehead atoms. The Morgan fingerprint density at radius 3 is 2.53 bits per heavy atom. The van der Waals surface area contributed by atoms with E-state index in [1.54, 1.807) is 7.11 Å². The predicted molar refractivity (Wildman–Crippen MR) is 80.7 cm³/mol. The van der Waals surface area contributed by atoms with Gasteiger partial charge in [-0.15, -0.1) is 0 Å². The van der Waals surface area contributed by atoms with Crippen LogP contribution < -0.4 is 15.4 Å². The summed E-state index contributed by atoms with van der Waals surface area (Å²) in [4.78, 5) is 2.16. The summed E-state index contributed by atoms with van der Waals surface area (Å²) in [6.45, 7) is 2.84. The second-order valence-corrected chi connectivity index (χ2v) is 4.68. The van der Waals surface area contributed by atoms with Crippen LogP contribution in [0.5, 0.6) is 5.75 Å². The lowest BCUT2D eigenvalue weighted by Crippen LogP contribution is -2.19. The van der Waals surface area contributed by atoms with Crippen molar-refractivity contribution in [3.05, 3.63) is 53.6 Å². The average Bonchev–Trinajstić information content (AvgIpc) is 2.39. The minimum Gasteiger partial charge on any atom is -0.496 e. The Morgan fingerprint density at radius 1 is 1.11 bits per heavy atom. The summed E-state index contributed by atoms with van der Waals surface area (Å²) >= 11 is 0. The lowest BCUT2D eigenvalue weighted by atomic mass is 10.1. The van der Waals surface area contributed by atoms with E-state index in [9.17, 15) is 0 Å². The lowest BCUT2D eigenvalue weighted by molar-refractivity contribution is 0.409. The number of aryl methyl sites for hydroxylation is 1. The van der Waals surface area contributed by atoms with Crippen LogP contribution in [0.3, 0.4) is 0 Å². The van der Waals surface area contributed by atoms with E-state index in [2.05, 4.69) is 24.0 Å². The zero-order valence-corrected chi connectivity index (χ0v) is 11.7. The van der Waals surface area contributed by atoms with Gasteiger partial charge in [0, 0.05) is 19.2 Å². The van der Waals surface area contributed by atoms with Crippen LogP contribution in [0.1, 0.15) is 11.1 Å². The monoisotopic (exact) mass is 256 g/mol. The summed E-state index contributed by atoms with van der Waals surface area (Å²) in [5.41, 5.74) is 10.3. The van der Waals surface area contributed by atoms with Gasteiger partial charge in [-0.3, -0.25) is 0 Å². The summed E-state index contributed by atoms with van der Waals surface area (Å²) in [5, 5.41) is 0. The van der Waals surface area contributed by atoms with Gasteiger partial charge in [-0.05, 0) is 24.6 Å². The highest BCUT2D eigenvalue weighted by molar-refractivity contribution is 5.71. The van der Waals surface area contributed by atoms with E-state index in [1.165, 1.54) is 5.56 Å². The summed E-state index contributed by atoms with van der Waals surface area (Å²) in [6, 6.07) is 14.0. The van der Waals surface area contributed by atoms with Crippen molar-refractivity contribution in [2.75, 3.05) is 24.8 Å². The van der Waals surface area contributed by atoms with Crippen molar-refractivity contribution in [3.63, 3.8) is 0 Å². The fourth-order valence-electron chi connectivity index (χ4n) is 2.37. The van der Waals surface area contributed by atoms with Crippen LogP contribution in [0.25, 0.3) is 0 Å². The molecular formula is C16H20N2O. The quantitative estimate of drug-likeness (QED) is 0.854. The number of rotatable bonds is 4. The predicted octanol–water partition coefficient (Wildman–Crippen LogP) is 3.22. The van der Waals surface area contributed by atoms with Gasteiger partial charge in [-0.1, -0.05) is 30.3 Å². The highest BCUT2D eigenvalue weighted by Crippen LogP contribution is 2.29. The second-order valence-electron chi connectivity index (χ2n) is 4.68. The van der Waals surface area contributed by atoms with E-state index in [1.807, 2.05) is 37.4 Å². The van der Waals surface area contributed by atoms with Gasteiger partial charge in [0.15, 0.2) is 0 Å².